The minimum atomic E-state index is 0.355. The second kappa shape index (κ2) is 4.17. The quantitative estimate of drug-likeness (QED) is 0.797. The van der Waals surface area contributed by atoms with Crippen molar-refractivity contribution in [2.24, 2.45) is 0 Å². The molecule has 1 fully saturated rings. The molecule has 0 radical (unpaired) electrons. The van der Waals surface area contributed by atoms with E-state index in [-0.39, 0.29) is 0 Å². The van der Waals surface area contributed by atoms with Gasteiger partial charge in [0.25, 0.3) is 0 Å². The SMILES string of the molecule is CC1OCCC1NCc1cncs1. The summed E-state index contributed by atoms with van der Waals surface area (Å²) in [6.45, 7) is 3.93. The molecule has 0 bridgehead atoms. The topological polar surface area (TPSA) is 34.1 Å². The van der Waals surface area contributed by atoms with Crippen LogP contribution in [0.2, 0.25) is 0 Å². The summed E-state index contributed by atoms with van der Waals surface area (Å²) < 4.78 is 5.46. The number of hydrogen-bond donors (Lipinski definition) is 1. The minimum absolute atomic E-state index is 0.355. The zero-order valence-electron chi connectivity index (χ0n) is 7.69. The van der Waals surface area contributed by atoms with E-state index in [1.54, 1.807) is 11.3 Å². The third kappa shape index (κ3) is 2.27. The van der Waals surface area contributed by atoms with Gasteiger partial charge in [0, 0.05) is 30.3 Å². The van der Waals surface area contributed by atoms with Gasteiger partial charge in [0.2, 0.25) is 0 Å². The Morgan fingerprint density at radius 2 is 2.69 bits per heavy atom. The number of nitrogens with zero attached hydrogens (tertiary/aromatic N) is 1. The van der Waals surface area contributed by atoms with Gasteiger partial charge in [0.1, 0.15) is 0 Å². The Labute approximate surface area is 82.1 Å². The average molecular weight is 198 g/mol. The molecule has 2 unspecified atom stereocenters. The van der Waals surface area contributed by atoms with Crippen molar-refractivity contribution in [3.63, 3.8) is 0 Å². The molecular weight excluding hydrogens is 184 g/mol. The van der Waals surface area contributed by atoms with E-state index in [1.807, 2.05) is 11.7 Å². The van der Waals surface area contributed by atoms with Crippen molar-refractivity contribution in [1.82, 2.24) is 10.3 Å². The van der Waals surface area contributed by atoms with Crippen molar-refractivity contribution in [1.29, 1.82) is 0 Å². The first-order valence-electron chi connectivity index (χ1n) is 4.58. The van der Waals surface area contributed by atoms with Gasteiger partial charge >= 0.3 is 0 Å². The molecule has 0 spiro atoms. The van der Waals surface area contributed by atoms with Crippen molar-refractivity contribution in [3.05, 3.63) is 16.6 Å². The molecule has 2 rings (SSSR count). The van der Waals surface area contributed by atoms with E-state index < -0.39 is 0 Å². The highest BCUT2D eigenvalue weighted by atomic mass is 32.1. The number of hydrogen-bond acceptors (Lipinski definition) is 4. The molecule has 1 saturated heterocycles. The maximum absolute atomic E-state index is 5.46. The third-order valence-electron chi connectivity index (χ3n) is 2.40. The Kier molecular flexibility index (Phi) is 2.93. The zero-order valence-corrected chi connectivity index (χ0v) is 8.51. The largest absolute Gasteiger partial charge is 0.377 e. The standard InChI is InChI=1S/C9H14N2OS/c1-7-9(2-3-12-7)11-5-8-4-10-6-13-8/h4,6-7,9,11H,2-3,5H2,1H3. The van der Waals surface area contributed by atoms with Crippen LogP contribution in [-0.2, 0) is 11.3 Å². The van der Waals surface area contributed by atoms with E-state index >= 15 is 0 Å². The molecule has 4 heteroatoms. The first-order chi connectivity index (χ1) is 6.36. The molecule has 1 aliphatic heterocycles. The lowest BCUT2D eigenvalue weighted by atomic mass is 10.1. The first-order valence-corrected chi connectivity index (χ1v) is 5.46. The average Bonchev–Trinajstić information content (AvgIpc) is 2.72. The Balaban J connectivity index is 1.79. The number of ether oxygens (including phenoxy) is 1. The fourth-order valence-corrected chi connectivity index (χ4v) is 2.11. The smallest absolute Gasteiger partial charge is 0.0794 e. The van der Waals surface area contributed by atoms with Crippen LogP contribution < -0.4 is 5.32 Å². The van der Waals surface area contributed by atoms with Crippen LogP contribution in [0.5, 0.6) is 0 Å². The number of nitrogens with one attached hydrogen (secondary N) is 1. The number of thiazole rings is 1. The maximum Gasteiger partial charge on any atom is 0.0794 e. The molecule has 1 aromatic heterocycles. The number of rotatable bonds is 3. The molecular formula is C9H14N2OS. The van der Waals surface area contributed by atoms with E-state index in [1.165, 1.54) is 4.88 Å². The summed E-state index contributed by atoms with van der Waals surface area (Å²) in [5, 5.41) is 3.48. The van der Waals surface area contributed by atoms with Crippen molar-refractivity contribution in [2.75, 3.05) is 6.61 Å². The summed E-state index contributed by atoms with van der Waals surface area (Å²) in [6, 6.07) is 0.516. The highest BCUT2D eigenvalue weighted by Crippen LogP contribution is 2.14. The van der Waals surface area contributed by atoms with Gasteiger partial charge in [0.15, 0.2) is 0 Å². The Bertz CT molecular complexity index is 250. The van der Waals surface area contributed by atoms with Gasteiger partial charge in [-0.25, -0.2) is 0 Å². The highest BCUT2D eigenvalue weighted by molar-refractivity contribution is 7.09. The van der Waals surface area contributed by atoms with Gasteiger partial charge < -0.3 is 10.1 Å². The molecule has 3 nitrogen and oxygen atoms in total. The lowest BCUT2D eigenvalue weighted by Crippen LogP contribution is -2.33. The molecule has 0 amide bonds. The predicted octanol–water partition coefficient (Wildman–Crippen LogP) is 1.41. The Morgan fingerprint density at radius 3 is 3.31 bits per heavy atom. The third-order valence-corrected chi connectivity index (χ3v) is 3.18. The molecule has 0 aliphatic carbocycles. The molecule has 1 N–H and O–H groups in total. The summed E-state index contributed by atoms with van der Waals surface area (Å²) in [4.78, 5) is 5.32. The normalized spacial score (nSPS) is 28.1. The lowest BCUT2D eigenvalue weighted by molar-refractivity contribution is 0.113. The Morgan fingerprint density at radius 1 is 1.77 bits per heavy atom. The van der Waals surface area contributed by atoms with Gasteiger partial charge in [-0.2, -0.15) is 0 Å². The fourth-order valence-electron chi connectivity index (χ4n) is 1.56. The van der Waals surface area contributed by atoms with Gasteiger partial charge in [-0.15, -0.1) is 11.3 Å². The molecule has 72 valence electrons. The van der Waals surface area contributed by atoms with Crippen LogP contribution in [0.4, 0.5) is 0 Å². The first kappa shape index (κ1) is 9.12. The van der Waals surface area contributed by atoms with Crippen molar-refractivity contribution >= 4 is 11.3 Å². The van der Waals surface area contributed by atoms with Gasteiger partial charge in [-0.1, -0.05) is 0 Å². The zero-order chi connectivity index (χ0) is 9.10. The summed E-state index contributed by atoms with van der Waals surface area (Å²) in [7, 11) is 0. The van der Waals surface area contributed by atoms with E-state index in [9.17, 15) is 0 Å². The van der Waals surface area contributed by atoms with Gasteiger partial charge in [0.05, 0.1) is 11.6 Å². The van der Waals surface area contributed by atoms with Crippen LogP contribution >= 0.6 is 11.3 Å². The molecule has 13 heavy (non-hydrogen) atoms. The summed E-state index contributed by atoms with van der Waals surface area (Å²) in [5.41, 5.74) is 1.87. The van der Waals surface area contributed by atoms with Gasteiger partial charge in [-0.3, -0.25) is 4.98 Å². The van der Waals surface area contributed by atoms with Crippen molar-refractivity contribution in [3.8, 4) is 0 Å². The molecule has 1 aliphatic rings. The summed E-state index contributed by atoms with van der Waals surface area (Å²) in [5.74, 6) is 0. The van der Waals surface area contributed by atoms with Crippen LogP contribution in [0.25, 0.3) is 0 Å². The van der Waals surface area contributed by atoms with Gasteiger partial charge in [-0.05, 0) is 13.3 Å². The number of aromatic nitrogens is 1. The minimum Gasteiger partial charge on any atom is -0.377 e. The van der Waals surface area contributed by atoms with Crippen LogP contribution in [0.3, 0.4) is 0 Å². The van der Waals surface area contributed by atoms with Crippen LogP contribution in [0, 0.1) is 0 Å². The van der Waals surface area contributed by atoms with Crippen molar-refractivity contribution < 1.29 is 4.74 Å². The second-order valence-corrected chi connectivity index (χ2v) is 4.29. The molecule has 0 saturated carbocycles. The second-order valence-electron chi connectivity index (χ2n) is 3.32. The molecule has 1 aromatic rings. The predicted molar refractivity (Wildman–Crippen MR) is 52.8 cm³/mol. The van der Waals surface area contributed by atoms with Crippen molar-refractivity contribution in [2.45, 2.75) is 32.0 Å². The fraction of sp³-hybridized carbons (Fsp3) is 0.667. The molecule has 0 aromatic carbocycles. The molecule has 2 atom stereocenters. The van der Waals surface area contributed by atoms with Crippen LogP contribution in [0.1, 0.15) is 18.2 Å². The van der Waals surface area contributed by atoms with Crippen LogP contribution in [0.15, 0.2) is 11.7 Å². The van der Waals surface area contributed by atoms with E-state index in [0.717, 1.165) is 19.6 Å². The molecule has 2 heterocycles. The van der Waals surface area contributed by atoms with E-state index in [4.69, 9.17) is 4.74 Å². The summed E-state index contributed by atoms with van der Waals surface area (Å²) >= 11 is 1.69. The highest BCUT2D eigenvalue weighted by Gasteiger charge is 2.23. The lowest BCUT2D eigenvalue weighted by Gasteiger charge is -2.14. The van der Waals surface area contributed by atoms with E-state index in [0.29, 0.717) is 12.1 Å². The maximum atomic E-state index is 5.46. The summed E-state index contributed by atoms with van der Waals surface area (Å²) in [6.07, 6.45) is 3.39. The monoisotopic (exact) mass is 198 g/mol. The Hall–Kier alpha value is -0.450. The van der Waals surface area contributed by atoms with E-state index in [2.05, 4.69) is 17.2 Å². The van der Waals surface area contributed by atoms with Crippen LogP contribution in [-0.4, -0.2) is 23.7 Å².